The van der Waals surface area contributed by atoms with Crippen LogP contribution in [0, 0.1) is 0 Å². The molecule has 0 aromatic heterocycles. The van der Waals surface area contributed by atoms with Crippen LogP contribution < -0.4 is 19.9 Å². The summed E-state index contributed by atoms with van der Waals surface area (Å²) in [6, 6.07) is 11.9. The fourth-order valence-corrected chi connectivity index (χ4v) is 2.51. The summed E-state index contributed by atoms with van der Waals surface area (Å²) in [4.78, 5) is 0. The zero-order valence-corrected chi connectivity index (χ0v) is 12.1. The molecule has 2 aromatic carbocycles. The highest BCUT2D eigenvalue weighted by molar-refractivity contribution is 5.61. The first-order chi connectivity index (χ1) is 10.3. The van der Waals surface area contributed by atoms with Crippen molar-refractivity contribution in [2.24, 2.45) is 0 Å². The van der Waals surface area contributed by atoms with Gasteiger partial charge in [-0.3, -0.25) is 0 Å². The van der Waals surface area contributed by atoms with Gasteiger partial charge in [-0.05, 0) is 29.7 Å². The Hall–Kier alpha value is -2.36. The quantitative estimate of drug-likeness (QED) is 0.818. The summed E-state index contributed by atoms with van der Waals surface area (Å²) in [5.74, 6) is 2.55. The van der Waals surface area contributed by atoms with Gasteiger partial charge in [-0.2, -0.15) is 0 Å². The minimum absolute atomic E-state index is 0.281. The van der Waals surface area contributed by atoms with E-state index in [0.29, 0.717) is 11.4 Å². The first-order valence-corrected chi connectivity index (χ1v) is 7.17. The van der Waals surface area contributed by atoms with Crippen LogP contribution >= 0.6 is 0 Å². The van der Waals surface area contributed by atoms with Crippen LogP contribution in [0.25, 0.3) is 0 Å². The van der Waals surface area contributed by atoms with Gasteiger partial charge < -0.3 is 19.9 Å². The van der Waals surface area contributed by atoms with Gasteiger partial charge in [0.25, 0.3) is 0 Å². The van der Waals surface area contributed by atoms with Crippen LogP contribution in [0.5, 0.6) is 17.2 Å². The maximum atomic E-state index is 5.57. The number of nitrogens with two attached hydrogens (primary N) is 1. The van der Waals surface area contributed by atoms with E-state index in [2.05, 4.69) is 25.1 Å². The monoisotopic (exact) mass is 285 g/mol. The molecule has 0 aliphatic carbocycles. The molecule has 4 heteroatoms. The Balaban J connectivity index is 0.000000126. The normalized spacial score (nSPS) is 14.0. The highest BCUT2D eigenvalue weighted by Gasteiger charge is 2.14. The predicted molar refractivity (Wildman–Crippen MR) is 82.0 cm³/mol. The first-order valence-electron chi connectivity index (χ1n) is 7.17. The molecule has 0 radical (unpaired) electrons. The maximum absolute atomic E-state index is 5.57. The Labute approximate surface area is 124 Å². The molecule has 110 valence electrons. The van der Waals surface area contributed by atoms with Crippen LogP contribution in [-0.2, 0) is 12.8 Å². The molecule has 0 fully saturated rings. The number of para-hydroxylation sites is 2. The lowest BCUT2D eigenvalue weighted by atomic mass is 10.1. The highest BCUT2D eigenvalue weighted by atomic mass is 16.7. The van der Waals surface area contributed by atoms with Crippen molar-refractivity contribution in [3.8, 4) is 17.2 Å². The van der Waals surface area contributed by atoms with E-state index >= 15 is 0 Å². The molecule has 0 bridgehead atoms. The topological polar surface area (TPSA) is 53.7 Å². The summed E-state index contributed by atoms with van der Waals surface area (Å²) in [5, 5.41) is 0. The lowest BCUT2D eigenvalue weighted by Crippen LogP contribution is -1.94. The Bertz CT molecular complexity index is 640. The molecular formula is C17H19NO3. The van der Waals surface area contributed by atoms with E-state index in [9.17, 15) is 0 Å². The molecule has 2 aromatic rings. The fourth-order valence-electron chi connectivity index (χ4n) is 2.51. The molecule has 0 spiro atoms. The van der Waals surface area contributed by atoms with E-state index in [4.69, 9.17) is 19.9 Å². The molecule has 0 unspecified atom stereocenters. The average molecular weight is 285 g/mol. The zero-order chi connectivity index (χ0) is 14.7. The van der Waals surface area contributed by atoms with Gasteiger partial charge in [0.15, 0.2) is 11.5 Å². The molecule has 4 nitrogen and oxygen atoms in total. The van der Waals surface area contributed by atoms with Crippen molar-refractivity contribution >= 4 is 5.69 Å². The van der Waals surface area contributed by atoms with Gasteiger partial charge in [-0.15, -0.1) is 0 Å². The van der Waals surface area contributed by atoms with Crippen molar-refractivity contribution in [3.63, 3.8) is 0 Å². The smallest absolute Gasteiger partial charge is 0.231 e. The van der Waals surface area contributed by atoms with Crippen molar-refractivity contribution < 1.29 is 14.2 Å². The molecule has 2 N–H and O–H groups in total. The van der Waals surface area contributed by atoms with Crippen LogP contribution in [0.4, 0.5) is 5.69 Å². The van der Waals surface area contributed by atoms with E-state index in [1.165, 1.54) is 11.1 Å². The molecule has 0 atom stereocenters. The maximum Gasteiger partial charge on any atom is 0.231 e. The van der Waals surface area contributed by atoms with Gasteiger partial charge in [0.1, 0.15) is 5.75 Å². The number of rotatable bonds is 1. The van der Waals surface area contributed by atoms with E-state index < -0.39 is 0 Å². The molecular weight excluding hydrogens is 266 g/mol. The summed E-state index contributed by atoms with van der Waals surface area (Å²) in [5.41, 5.74) is 8.93. The number of fused-ring (bicyclic) bond motifs is 2. The third-order valence-corrected chi connectivity index (χ3v) is 3.60. The number of benzene rings is 2. The van der Waals surface area contributed by atoms with Gasteiger partial charge in [-0.25, -0.2) is 0 Å². The highest BCUT2D eigenvalue weighted by Crippen LogP contribution is 2.36. The van der Waals surface area contributed by atoms with Gasteiger partial charge in [0.05, 0.1) is 12.3 Å². The second-order valence-corrected chi connectivity index (χ2v) is 4.94. The van der Waals surface area contributed by atoms with Crippen molar-refractivity contribution in [1.82, 2.24) is 0 Å². The number of aryl methyl sites for hydroxylation is 1. The van der Waals surface area contributed by atoms with Crippen molar-refractivity contribution in [3.05, 3.63) is 47.5 Å². The van der Waals surface area contributed by atoms with Crippen molar-refractivity contribution in [1.29, 1.82) is 0 Å². The standard InChI is InChI=1S/C10H12O.C7H7NO2/c1-2-8-4-3-5-9-6-7-11-10(8)9;8-5-2-1-3-6-7(5)10-4-9-6/h3-5H,2,6-7H2,1H3;1-3H,4,8H2. The van der Waals surface area contributed by atoms with Crippen molar-refractivity contribution in [2.75, 3.05) is 19.1 Å². The Morgan fingerprint density at radius 2 is 1.86 bits per heavy atom. The van der Waals surface area contributed by atoms with E-state index in [1.807, 2.05) is 12.1 Å². The lowest BCUT2D eigenvalue weighted by molar-refractivity contribution is 0.174. The molecule has 0 amide bonds. The van der Waals surface area contributed by atoms with E-state index in [1.54, 1.807) is 6.07 Å². The molecule has 2 heterocycles. The fraction of sp³-hybridized carbons (Fsp3) is 0.294. The van der Waals surface area contributed by atoms with Gasteiger partial charge in [0.2, 0.25) is 6.79 Å². The van der Waals surface area contributed by atoms with Crippen LogP contribution in [0.2, 0.25) is 0 Å². The minimum Gasteiger partial charge on any atom is -0.493 e. The molecule has 2 aliphatic rings. The second kappa shape index (κ2) is 5.95. The Morgan fingerprint density at radius 3 is 2.67 bits per heavy atom. The van der Waals surface area contributed by atoms with Crippen molar-refractivity contribution in [2.45, 2.75) is 19.8 Å². The summed E-state index contributed by atoms with van der Waals surface area (Å²) < 4.78 is 15.7. The van der Waals surface area contributed by atoms with Gasteiger partial charge in [-0.1, -0.05) is 31.2 Å². The van der Waals surface area contributed by atoms with Crippen LogP contribution in [0.1, 0.15) is 18.1 Å². The summed E-state index contributed by atoms with van der Waals surface area (Å²) in [6.45, 7) is 3.31. The molecule has 0 saturated heterocycles. The largest absolute Gasteiger partial charge is 0.493 e. The third kappa shape index (κ3) is 2.75. The molecule has 2 aliphatic heterocycles. The average Bonchev–Trinajstić information content (AvgIpc) is 3.16. The number of nitrogen functional groups attached to an aromatic ring is 1. The summed E-state index contributed by atoms with van der Waals surface area (Å²) in [7, 11) is 0. The number of hydrogen-bond donors (Lipinski definition) is 1. The van der Waals surface area contributed by atoms with Gasteiger partial charge in [0, 0.05) is 6.42 Å². The van der Waals surface area contributed by atoms with E-state index in [-0.39, 0.29) is 6.79 Å². The number of hydrogen-bond acceptors (Lipinski definition) is 4. The third-order valence-electron chi connectivity index (χ3n) is 3.60. The number of anilines is 1. The van der Waals surface area contributed by atoms with Crippen LogP contribution in [0.3, 0.4) is 0 Å². The Morgan fingerprint density at radius 1 is 1.00 bits per heavy atom. The van der Waals surface area contributed by atoms with Crippen LogP contribution in [0.15, 0.2) is 36.4 Å². The van der Waals surface area contributed by atoms with Crippen LogP contribution in [-0.4, -0.2) is 13.4 Å². The molecule has 21 heavy (non-hydrogen) atoms. The summed E-state index contributed by atoms with van der Waals surface area (Å²) in [6.07, 6.45) is 2.16. The summed E-state index contributed by atoms with van der Waals surface area (Å²) >= 11 is 0. The van der Waals surface area contributed by atoms with Gasteiger partial charge >= 0.3 is 0 Å². The number of ether oxygens (including phenoxy) is 3. The zero-order valence-electron chi connectivity index (χ0n) is 12.1. The minimum atomic E-state index is 0.281. The van der Waals surface area contributed by atoms with E-state index in [0.717, 1.165) is 30.9 Å². The first kappa shape index (κ1) is 13.6. The Kier molecular flexibility index (Phi) is 3.86. The molecule has 0 saturated carbocycles. The SMILES string of the molecule is CCc1cccc2c1OCC2.Nc1cccc2c1OCO2. The lowest BCUT2D eigenvalue weighted by Gasteiger charge is -2.03. The predicted octanol–water partition coefficient (Wildman–Crippen LogP) is 3.18. The molecule has 4 rings (SSSR count). The second-order valence-electron chi connectivity index (χ2n) is 4.94.